The van der Waals surface area contributed by atoms with Crippen molar-refractivity contribution in [1.82, 2.24) is 0 Å². The van der Waals surface area contributed by atoms with Crippen LogP contribution in [0.1, 0.15) is 42.1 Å². The number of carbonyl (C=O) groups excluding carboxylic acids is 1. The van der Waals surface area contributed by atoms with Crippen molar-refractivity contribution in [3.63, 3.8) is 0 Å². The standard InChI is InChI=1S/C17H18ClNO/c1-3-12(2)13-8-5-7-11-16(13)19-17(20)14-9-4-6-10-15(14)18/h4-12H,3H2,1-2H3,(H,19,20)/t12-/m0/s1. The Bertz CT molecular complexity index is 609. The Labute approximate surface area is 124 Å². The van der Waals surface area contributed by atoms with Crippen LogP contribution < -0.4 is 5.32 Å². The SMILES string of the molecule is CC[C@H](C)c1ccccc1NC(=O)c1ccccc1Cl. The molecule has 2 rings (SSSR count). The van der Waals surface area contributed by atoms with Crippen molar-refractivity contribution in [3.05, 3.63) is 64.7 Å². The Morgan fingerprint density at radius 1 is 1.15 bits per heavy atom. The quantitative estimate of drug-likeness (QED) is 0.832. The van der Waals surface area contributed by atoms with Crippen molar-refractivity contribution in [2.75, 3.05) is 5.32 Å². The minimum atomic E-state index is -0.175. The van der Waals surface area contributed by atoms with Crippen LogP contribution in [0, 0.1) is 0 Å². The van der Waals surface area contributed by atoms with Crippen molar-refractivity contribution < 1.29 is 4.79 Å². The maximum absolute atomic E-state index is 12.3. The van der Waals surface area contributed by atoms with E-state index in [0.717, 1.165) is 17.7 Å². The van der Waals surface area contributed by atoms with Crippen LogP contribution in [-0.4, -0.2) is 5.91 Å². The lowest BCUT2D eigenvalue weighted by Crippen LogP contribution is -2.14. The van der Waals surface area contributed by atoms with Crippen LogP contribution in [0.3, 0.4) is 0 Å². The lowest BCUT2D eigenvalue weighted by atomic mass is 9.97. The van der Waals surface area contributed by atoms with E-state index in [0.29, 0.717) is 16.5 Å². The second-order valence-corrected chi connectivity index (χ2v) is 5.24. The first-order valence-corrected chi connectivity index (χ1v) is 7.16. The Kier molecular flexibility index (Phi) is 4.80. The molecule has 3 heteroatoms. The zero-order valence-corrected chi connectivity index (χ0v) is 12.4. The molecule has 0 saturated heterocycles. The molecule has 0 saturated carbocycles. The summed E-state index contributed by atoms with van der Waals surface area (Å²) >= 11 is 6.05. The number of nitrogens with one attached hydrogen (secondary N) is 1. The summed E-state index contributed by atoms with van der Waals surface area (Å²) < 4.78 is 0. The molecule has 0 aliphatic rings. The van der Waals surface area contributed by atoms with Crippen molar-refractivity contribution in [3.8, 4) is 0 Å². The lowest BCUT2D eigenvalue weighted by molar-refractivity contribution is 0.102. The van der Waals surface area contributed by atoms with Crippen LogP contribution >= 0.6 is 11.6 Å². The summed E-state index contributed by atoms with van der Waals surface area (Å²) in [4.78, 5) is 12.3. The molecule has 0 unspecified atom stereocenters. The summed E-state index contributed by atoms with van der Waals surface area (Å²) in [5, 5.41) is 3.42. The molecule has 0 spiro atoms. The number of anilines is 1. The first-order valence-electron chi connectivity index (χ1n) is 6.78. The normalized spacial score (nSPS) is 11.9. The van der Waals surface area contributed by atoms with Gasteiger partial charge in [0.05, 0.1) is 10.6 Å². The van der Waals surface area contributed by atoms with Gasteiger partial charge in [-0.25, -0.2) is 0 Å². The van der Waals surface area contributed by atoms with E-state index in [1.54, 1.807) is 18.2 Å². The highest BCUT2D eigenvalue weighted by Crippen LogP contribution is 2.27. The van der Waals surface area contributed by atoms with Gasteiger partial charge < -0.3 is 5.32 Å². The Hall–Kier alpha value is -1.80. The van der Waals surface area contributed by atoms with Gasteiger partial charge in [0.2, 0.25) is 0 Å². The minimum Gasteiger partial charge on any atom is -0.322 e. The molecule has 1 amide bonds. The van der Waals surface area contributed by atoms with Gasteiger partial charge >= 0.3 is 0 Å². The molecule has 0 heterocycles. The van der Waals surface area contributed by atoms with E-state index in [1.165, 1.54) is 0 Å². The molecule has 2 aromatic carbocycles. The second kappa shape index (κ2) is 6.58. The molecular weight excluding hydrogens is 270 g/mol. The van der Waals surface area contributed by atoms with E-state index >= 15 is 0 Å². The van der Waals surface area contributed by atoms with Gasteiger partial charge in [-0.2, -0.15) is 0 Å². The van der Waals surface area contributed by atoms with Crippen molar-refractivity contribution in [2.24, 2.45) is 0 Å². The number of para-hydroxylation sites is 1. The third-order valence-corrected chi connectivity index (χ3v) is 3.80. The molecule has 2 aromatic rings. The van der Waals surface area contributed by atoms with Gasteiger partial charge in [-0.05, 0) is 36.1 Å². The highest BCUT2D eigenvalue weighted by atomic mass is 35.5. The largest absolute Gasteiger partial charge is 0.322 e. The molecule has 0 bridgehead atoms. The minimum absolute atomic E-state index is 0.175. The van der Waals surface area contributed by atoms with Crippen LogP contribution in [0.5, 0.6) is 0 Å². The number of rotatable bonds is 4. The monoisotopic (exact) mass is 287 g/mol. The Morgan fingerprint density at radius 2 is 1.80 bits per heavy atom. The van der Waals surface area contributed by atoms with E-state index in [-0.39, 0.29) is 5.91 Å². The fourth-order valence-electron chi connectivity index (χ4n) is 2.10. The summed E-state index contributed by atoms with van der Waals surface area (Å²) in [5.41, 5.74) is 2.50. The summed E-state index contributed by atoms with van der Waals surface area (Å²) in [7, 11) is 0. The smallest absolute Gasteiger partial charge is 0.257 e. The molecule has 1 atom stereocenters. The molecule has 0 radical (unpaired) electrons. The first-order chi connectivity index (χ1) is 9.63. The fraction of sp³-hybridized carbons (Fsp3) is 0.235. The van der Waals surface area contributed by atoms with Crippen molar-refractivity contribution in [1.29, 1.82) is 0 Å². The van der Waals surface area contributed by atoms with Crippen molar-refractivity contribution >= 4 is 23.2 Å². The van der Waals surface area contributed by atoms with E-state index in [9.17, 15) is 4.79 Å². The average Bonchev–Trinajstić information content (AvgIpc) is 2.47. The van der Waals surface area contributed by atoms with Crippen molar-refractivity contribution in [2.45, 2.75) is 26.2 Å². The summed E-state index contributed by atoms with van der Waals surface area (Å²) in [6.45, 7) is 4.29. The second-order valence-electron chi connectivity index (χ2n) is 4.83. The molecule has 0 fully saturated rings. The predicted octanol–water partition coefficient (Wildman–Crippen LogP) is 5.11. The van der Waals surface area contributed by atoms with Gasteiger partial charge in [0.15, 0.2) is 0 Å². The number of carbonyl (C=O) groups is 1. The van der Waals surface area contributed by atoms with Gasteiger partial charge in [0.25, 0.3) is 5.91 Å². The van der Waals surface area contributed by atoms with Gasteiger partial charge in [0.1, 0.15) is 0 Å². The van der Waals surface area contributed by atoms with E-state index < -0.39 is 0 Å². The number of benzene rings is 2. The number of amides is 1. The molecule has 0 aliphatic heterocycles. The van der Waals surface area contributed by atoms with E-state index in [4.69, 9.17) is 11.6 Å². The number of halogens is 1. The van der Waals surface area contributed by atoms with Crippen LogP contribution in [0.4, 0.5) is 5.69 Å². The Balaban J connectivity index is 2.27. The maximum Gasteiger partial charge on any atom is 0.257 e. The first kappa shape index (κ1) is 14.6. The van der Waals surface area contributed by atoms with Crippen LogP contribution in [0.15, 0.2) is 48.5 Å². The topological polar surface area (TPSA) is 29.1 Å². The molecule has 104 valence electrons. The zero-order valence-electron chi connectivity index (χ0n) is 11.7. The van der Waals surface area contributed by atoms with Gasteiger partial charge in [-0.3, -0.25) is 4.79 Å². The molecule has 0 aromatic heterocycles. The summed E-state index contributed by atoms with van der Waals surface area (Å²) in [5.74, 6) is 0.226. The number of hydrogen-bond donors (Lipinski definition) is 1. The average molecular weight is 288 g/mol. The summed E-state index contributed by atoms with van der Waals surface area (Å²) in [6, 6.07) is 15.0. The molecule has 1 N–H and O–H groups in total. The van der Waals surface area contributed by atoms with Crippen LogP contribution in [0.2, 0.25) is 5.02 Å². The zero-order chi connectivity index (χ0) is 14.5. The maximum atomic E-state index is 12.3. The number of hydrogen-bond acceptors (Lipinski definition) is 1. The molecule has 20 heavy (non-hydrogen) atoms. The highest BCUT2D eigenvalue weighted by Gasteiger charge is 2.13. The fourth-order valence-corrected chi connectivity index (χ4v) is 2.32. The molecule has 2 nitrogen and oxygen atoms in total. The third-order valence-electron chi connectivity index (χ3n) is 3.47. The van der Waals surface area contributed by atoms with E-state index in [2.05, 4.69) is 25.2 Å². The van der Waals surface area contributed by atoms with Crippen LogP contribution in [-0.2, 0) is 0 Å². The van der Waals surface area contributed by atoms with Gasteiger partial charge in [-0.15, -0.1) is 0 Å². The van der Waals surface area contributed by atoms with E-state index in [1.807, 2.05) is 24.3 Å². The molecule has 0 aliphatic carbocycles. The van der Waals surface area contributed by atoms with Gasteiger partial charge in [0, 0.05) is 5.69 Å². The van der Waals surface area contributed by atoms with Crippen LogP contribution in [0.25, 0.3) is 0 Å². The third kappa shape index (κ3) is 3.20. The van der Waals surface area contributed by atoms with Gasteiger partial charge in [-0.1, -0.05) is 55.8 Å². The summed E-state index contributed by atoms with van der Waals surface area (Å²) in [6.07, 6.45) is 1.03. The highest BCUT2D eigenvalue weighted by molar-refractivity contribution is 6.34. The molecular formula is C17H18ClNO. The Morgan fingerprint density at radius 3 is 2.50 bits per heavy atom. The predicted molar refractivity (Wildman–Crippen MR) is 84.6 cm³/mol. The lowest BCUT2D eigenvalue weighted by Gasteiger charge is -2.15.